The summed E-state index contributed by atoms with van der Waals surface area (Å²) in [6, 6.07) is 0. The Labute approximate surface area is 122 Å². The number of likely N-dealkylation sites (tertiary alicyclic amines) is 1. The molecule has 1 rings (SSSR count). The quantitative estimate of drug-likeness (QED) is 0.655. The molecule has 1 amide bonds. The fourth-order valence-electron chi connectivity index (χ4n) is 3.20. The Hall–Kier alpha value is -0.940. The molecule has 1 aliphatic heterocycles. The lowest BCUT2D eigenvalue weighted by Crippen LogP contribution is -2.57. The molecule has 0 bridgehead atoms. The van der Waals surface area contributed by atoms with Gasteiger partial charge in [-0.15, -0.1) is 0 Å². The first-order chi connectivity index (χ1) is 9.37. The lowest BCUT2D eigenvalue weighted by Gasteiger charge is -2.51. The highest BCUT2D eigenvalue weighted by Gasteiger charge is 2.42. The van der Waals surface area contributed by atoms with Crippen molar-refractivity contribution in [3.05, 3.63) is 0 Å². The summed E-state index contributed by atoms with van der Waals surface area (Å²) in [6.45, 7) is 9.45. The zero-order valence-corrected chi connectivity index (χ0v) is 13.2. The number of carbonyl (C=O) groups is 1. The molecule has 0 aromatic rings. The molecule has 1 heterocycles. The SMILES string of the molecule is CCN(CC[C@@H](CO)C1(C)CN(C)C1)C(=O)C(C)C=N. The smallest absolute Gasteiger partial charge is 0.230 e. The molecule has 2 atom stereocenters. The monoisotopic (exact) mass is 283 g/mol. The van der Waals surface area contributed by atoms with Gasteiger partial charge < -0.3 is 20.3 Å². The van der Waals surface area contributed by atoms with Gasteiger partial charge in [-0.05, 0) is 38.6 Å². The van der Waals surface area contributed by atoms with E-state index in [2.05, 4.69) is 18.9 Å². The molecule has 1 aliphatic rings. The van der Waals surface area contributed by atoms with Gasteiger partial charge in [0, 0.05) is 39.0 Å². The molecule has 0 spiro atoms. The number of nitrogens with zero attached hydrogens (tertiary/aromatic N) is 2. The van der Waals surface area contributed by atoms with Crippen LogP contribution in [0.5, 0.6) is 0 Å². The normalized spacial score (nSPS) is 20.9. The van der Waals surface area contributed by atoms with E-state index in [0.717, 1.165) is 19.5 Å². The number of carbonyl (C=O) groups excluding carboxylic acids is 1. The minimum absolute atomic E-state index is 0.00932. The van der Waals surface area contributed by atoms with Crippen LogP contribution in [-0.4, -0.2) is 66.9 Å². The Morgan fingerprint density at radius 2 is 2.15 bits per heavy atom. The average Bonchev–Trinajstić information content (AvgIpc) is 2.40. The summed E-state index contributed by atoms with van der Waals surface area (Å²) < 4.78 is 0. The van der Waals surface area contributed by atoms with Gasteiger partial charge in [-0.25, -0.2) is 0 Å². The Morgan fingerprint density at radius 1 is 1.55 bits per heavy atom. The zero-order valence-electron chi connectivity index (χ0n) is 13.2. The predicted molar refractivity (Wildman–Crippen MR) is 81.0 cm³/mol. The molecule has 1 fully saturated rings. The number of amides is 1. The number of aliphatic hydroxyl groups excluding tert-OH is 1. The van der Waals surface area contributed by atoms with E-state index in [0.29, 0.717) is 13.1 Å². The van der Waals surface area contributed by atoms with Gasteiger partial charge in [0.1, 0.15) is 0 Å². The number of rotatable bonds is 8. The zero-order chi connectivity index (χ0) is 15.3. The molecular weight excluding hydrogens is 254 g/mol. The van der Waals surface area contributed by atoms with Gasteiger partial charge in [-0.1, -0.05) is 6.92 Å². The van der Waals surface area contributed by atoms with E-state index >= 15 is 0 Å². The molecular formula is C15H29N3O2. The van der Waals surface area contributed by atoms with Crippen LogP contribution < -0.4 is 0 Å². The summed E-state index contributed by atoms with van der Waals surface area (Å²) in [4.78, 5) is 16.1. The van der Waals surface area contributed by atoms with Crippen molar-refractivity contribution in [2.24, 2.45) is 17.3 Å². The lowest BCUT2D eigenvalue weighted by molar-refractivity contribution is -0.133. The summed E-state index contributed by atoms with van der Waals surface area (Å²) in [5, 5.41) is 16.8. The maximum absolute atomic E-state index is 12.1. The number of hydrogen-bond donors (Lipinski definition) is 2. The molecule has 0 saturated carbocycles. The summed E-state index contributed by atoms with van der Waals surface area (Å²) >= 11 is 0. The third kappa shape index (κ3) is 3.79. The van der Waals surface area contributed by atoms with Gasteiger partial charge in [0.25, 0.3) is 0 Å². The molecule has 116 valence electrons. The van der Waals surface area contributed by atoms with Crippen molar-refractivity contribution in [3.63, 3.8) is 0 Å². The number of hydrogen-bond acceptors (Lipinski definition) is 4. The molecule has 1 saturated heterocycles. The minimum Gasteiger partial charge on any atom is -0.396 e. The summed E-state index contributed by atoms with van der Waals surface area (Å²) in [5.41, 5.74) is 0.166. The third-order valence-corrected chi connectivity index (χ3v) is 4.55. The second-order valence-electron chi connectivity index (χ2n) is 6.37. The summed E-state index contributed by atoms with van der Waals surface area (Å²) in [7, 11) is 2.09. The predicted octanol–water partition coefficient (Wildman–Crippen LogP) is 1.07. The van der Waals surface area contributed by atoms with Crippen molar-refractivity contribution in [2.75, 3.05) is 39.8 Å². The van der Waals surface area contributed by atoms with Crippen molar-refractivity contribution in [3.8, 4) is 0 Å². The van der Waals surface area contributed by atoms with Crippen molar-refractivity contribution >= 4 is 12.1 Å². The van der Waals surface area contributed by atoms with Gasteiger partial charge >= 0.3 is 0 Å². The van der Waals surface area contributed by atoms with Gasteiger partial charge in [0.2, 0.25) is 5.91 Å². The molecule has 5 nitrogen and oxygen atoms in total. The van der Waals surface area contributed by atoms with Crippen molar-refractivity contribution < 1.29 is 9.90 Å². The molecule has 5 heteroatoms. The van der Waals surface area contributed by atoms with Crippen LogP contribution in [0.15, 0.2) is 0 Å². The van der Waals surface area contributed by atoms with Crippen LogP contribution in [0.3, 0.4) is 0 Å². The van der Waals surface area contributed by atoms with Crippen molar-refractivity contribution in [2.45, 2.75) is 27.2 Å². The highest BCUT2D eigenvalue weighted by atomic mass is 16.3. The van der Waals surface area contributed by atoms with E-state index in [1.54, 1.807) is 11.8 Å². The van der Waals surface area contributed by atoms with Gasteiger partial charge in [0.05, 0.1) is 5.92 Å². The molecule has 0 aromatic carbocycles. The van der Waals surface area contributed by atoms with Crippen LogP contribution in [-0.2, 0) is 4.79 Å². The van der Waals surface area contributed by atoms with Crippen LogP contribution in [0.1, 0.15) is 27.2 Å². The number of aliphatic hydroxyl groups is 1. The standard InChI is InChI=1S/C15H29N3O2/c1-5-18(14(20)12(2)8-16)7-6-13(9-19)15(3)10-17(4)11-15/h8,12-13,16,19H,5-7,9-11H2,1-4H3/t12?,13-/m0/s1. The Bertz CT molecular complexity index is 340. The highest BCUT2D eigenvalue weighted by Crippen LogP contribution is 2.38. The van der Waals surface area contributed by atoms with Crippen LogP contribution in [0, 0.1) is 22.7 Å². The molecule has 20 heavy (non-hydrogen) atoms. The minimum atomic E-state index is -0.354. The van der Waals surface area contributed by atoms with E-state index in [4.69, 9.17) is 5.41 Å². The third-order valence-electron chi connectivity index (χ3n) is 4.55. The highest BCUT2D eigenvalue weighted by molar-refractivity contribution is 5.91. The maximum Gasteiger partial charge on any atom is 0.230 e. The van der Waals surface area contributed by atoms with Crippen LogP contribution in [0.4, 0.5) is 0 Å². The Kier molecular flexibility index (Phi) is 6.14. The first kappa shape index (κ1) is 17.1. The van der Waals surface area contributed by atoms with E-state index in [1.165, 1.54) is 6.21 Å². The van der Waals surface area contributed by atoms with Crippen molar-refractivity contribution in [1.82, 2.24) is 9.80 Å². The Balaban J connectivity index is 2.54. The van der Waals surface area contributed by atoms with Gasteiger partial charge in [-0.3, -0.25) is 4.79 Å². The second-order valence-corrected chi connectivity index (χ2v) is 6.37. The molecule has 1 unspecified atom stereocenters. The maximum atomic E-state index is 12.1. The topological polar surface area (TPSA) is 67.6 Å². The fraction of sp³-hybridized carbons (Fsp3) is 0.867. The van der Waals surface area contributed by atoms with Crippen LogP contribution >= 0.6 is 0 Å². The van der Waals surface area contributed by atoms with Gasteiger partial charge in [0.15, 0.2) is 0 Å². The van der Waals surface area contributed by atoms with E-state index in [1.807, 2.05) is 6.92 Å². The summed E-state index contributed by atoms with van der Waals surface area (Å²) in [6.07, 6.45) is 2.02. The van der Waals surface area contributed by atoms with E-state index in [-0.39, 0.29) is 29.8 Å². The second kappa shape index (κ2) is 7.18. The summed E-state index contributed by atoms with van der Waals surface area (Å²) in [5.74, 6) is -0.112. The first-order valence-corrected chi connectivity index (χ1v) is 7.46. The largest absolute Gasteiger partial charge is 0.396 e. The molecule has 0 radical (unpaired) electrons. The van der Waals surface area contributed by atoms with Crippen LogP contribution in [0.2, 0.25) is 0 Å². The number of nitrogens with one attached hydrogen (secondary N) is 1. The van der Waals surface area contributed by atoms with E-state index < -0.39 is 0 Å². The Morgan fingerprint density at radius 3 is 2.55 bits per heavy atom. The molecule has 0 aliphatic carbocycles. The average molecular weight is 283 g/mol. The molecule has 0 aromatic heterocycles. The van der Waals surface area contributed by atoms with Crippen molar-refractivity contribution in [1.29, 1.82) is 5.41 Å². The fourth-order valence-corrected chi connectivity index (χ4v) is 3.20. The van der Waals surface area contributed by atoms with Crippen LogP contribution in [0.25, 0.3) is 0 Å². The van der Waals surface area contributed by atoms with Gasteiger partial charge in [-0.2, -0.15) is 0 Å². The molecule has 2 N–H and O–H groups in total. The lowest BCUT2D eigenvalue weighted by atomic mass is 9.70. The van der Waals surface area contributed by atoms with E-state index in [9.17, 15) is 9.90 Å². The first-order valence-electron chi connectivity index (χ1n) is 7.46.